The molecule has 0 aliphatic carbocycles. The van der Waals surface area contributed by atoms with E-state index in [4.69, 9.17) is 0 Å². The number of carbonyl (C=O) groups is 4. The molecule has 4 aromatic carbocycles. The Morgan fingerprint density at radius 2 is 0.905 bits per heavy atom. The molecule has 0 spiro atoms. The molecule has 0 heterocycles. The summed E-state index contributed by atoms with van der Waals surface area (Å²) in [4.78, 5) is 50.5. The molecule has 0 radical (unpaired) electrons. The van der Waals surface area contributed by atoms with Crippen molar-refractivity contribution in [3.63, 3.8) is 0 Å². The number of amides is 4. The van der Waals surface area contributed by atoms with Crippen LogP contribution in [0.1, 0.15) is 70.6 Å². The van der Waals surface area contributed by atoms with E-state index < -0.39 is 0 Å². The summed E-state index contributed by atoms with van der Waals surface area (Å²) in [5.74, 6) is -1.23. The van der Waals surface area contributed by atoms with Crippen molar-refractivity contribution in [3.8, 4) is 0 Å². The van der Waals surface area contributed by atoms with Gasteiger partial charge in [-0.3, -0.25) is 19.2 Å². The summed E-state index contributed by atoms with van der Waals surface area (Å²) in [6.45, 7) is 3.81. The fraction of sp³-hybridized carbons (Fsp3) is 0.176. The van der Waals surface area contributed by atoms with Crippen molar-refractivity contribution in [3.05, 3.63) is 131 Å². The Kier molecular flexibility index (Phi) is 10.2. The predicted molar refractivity (Wildman–Crippen MR) is 164 cm³/mol. The van der Waals surface area contributed by atoms with Crippen LogP contribution in [-0.2, 0) is 9.59 Å². The topological polar surface area (TPSA) is 116 Å². The normalized spacial score (nSPS) is 12.0. The van der Waals surface area contributed by atoms with E-state index in [0.717, 1.165) is 11.1 Å². The molecule has 4 rings (SSSR count). The molecular formula is C34H34N4O4. The lowest BCUT2D eigenvalue weighted by Crippen LogP contribution is -2.26. The molecule has 0 aromatic heterocycles. The van der Waals surface area contributed by atoms with Gasteiger partial charge in [0.2, 0.25) is 11.8 Å². The lowest BCUT2D eigenvalue weighted by atomic mass is 10.1. The van der Waals surface area contributed by atoms with E-state index in [9.17, 15) is 19.2 Å². The van der Waals surface area contributed by atoms with Gasteiger partial charge >= 0.3 is 0 Å². The van der Waals surface area contributed by atoms with Gasteiger partial charge in [-0.05, 0) is 61.4 Å². The zero-order valence-electron chi connectivity index (χ0n) is 23.6. The van der Waals surface area contributed by atoms with Gasteiger partial charge in [0.15, 0.2) is 0 Å². The number of hydrogen-bond acceptors (Lipinski definition) is 4. The monoisotopic (exact) mass is 562 g/mol. The van der Waals surface area contributed by atoms with E-state index in [1.165, 1.54) is 0 Å². The Bertz CT molecular complexity index is 1420. The molecule has 0 aliphatic heterocycles. The maximum absolute atomic E-state index is 12.7. The third-order valence-corrected chi connectivity index (χ3v) is 6.69. The van der Waals surface area contributed by atoms with E-state index in [-0.39, 0.29) is 48.6 Å². The highest BCUT2D eigenvalue weighted by Crippen LogP contribution is 2.17. The van der Waals surface area contributed by atoms with Gasteiger partial charge in [-0.2, -0.15) is 0 Å². The number of benzene rings is 4. The first-order valence-electron chi connectivity index (χ1n) is 13.8. The summed E-state index contributed by atoms with van der Waals surface area (Å²) in [7, 11) is 0. The van der Waals surface area contributed by atoms with Gasteiger partial charge < -0.3 is 21.3 Å². The van der Waals surface area contributed by atoms with Crippen molar-refractivity contribution in [1.82, 2.24) is 10.6 Å². The second-order valence-electron chi connectivity index (χ2n) is 9.97. The fourth-order valence-electron chi connectivity index (χ4n) is 4.36. The lowest BCUT2D eigenvalue weighted by molar-refractivity contribution is -0.121. The number of nitrogens with one attached hydrogen (secondary N) is 4. The molecule has 214 valence electrons. The number of hydrogen-bond donors (Lipinski definition) is 4. The minimum atomic E-state index is -0.358. The smallest absolute Gasteiger partial charge is 0.251 e. The van der Waals surface area contributed by atoms with Gasteiger partial charge in [-0.15, -0.1) is 0 Å². The Morgan fingerprint density at radius 1 is 0.524 bits per heavy atom. The highest BCUT2D eigenvalue weighted by Gasteiger charge is 2.15. The molecule has 4 amide bonds. The van der Waals surface area contributed by atoms with E-state index in [0.29, 0.717) is 22.5 Å². The van der Waals surface area contributed by atoms with Gasteiger partial charge in [0.25, 0.3) is 11.8 Å². The molecular weight excluding hydrogens is 528 g/mol. The van der Waals surface area contributed by atoms with Crippen LogP contribution in [0.15, 0.2) is 109 Å². The first-order chi connectivity index (χ1) is 20.3. The van der Waals surface area contributed by atoms with Crippen LogP contribution in [0.4, 0.5) is 11.4 Å². The van der Waals surface area contributed by atoms with Crippen LogP contribution in [0, 0.1) is 0 Å². The van der Waals surface area contributed by atoms with Gasteiger partial charge in [0.1, 0.15) is 0 Å². The summed E-state index contributed by atoms with van der Waals surface area (Å²) in [5, 5.41) is 11.4. The second kappa shape index (κ2) is 14.4. The molecule has 2 atom stereocenters. The van der Waals surface area contributed by atoms with E-state index >= 15 is 0 Å². The summed E-state index contributed by atoms with van der Waals surface area (Å²) in [6, 6.07) is 32.2. The average Bonchev–Trinajstić information content (AvgIpc) is 3.01. The maximum atomic E-state index is 12.7. The van der Waals surface area contributed by atoms with Crippen molar-refractivity contribution in [1.29, 1.82) is 0 Å². The van der Waals surface area contributed by atoms with Gasteiger partial charge in [-0.1, -0.05) is 72.8 Å². The molecule has 0 saturated carbocycles. The average molecular weight is 563 g/mol. The first kappa shape index (κ1) is 29.7. The standard InChI is InChI=1S/C34H34N4O4/c1-23(25-11-5-3-6-12-25)35-33(41)27-15-9-17-29(21-27)37-31(39)19-20-32(40)38-30-18-10-16-28(22-30)34(42)36-24(2)26-13-7-4-8-14-26/h3-18,21-24H,19-20H2,1-2H3,(H,35,41)(H,36,42)(H,37,39)(H,38,40). The molecule has 42 heavy (non-hydrogen) atoms. The number of rotatable bonds is 11. The highest BCUT2D eigenvalue weighted by molar-refractivity contribution is 6.00. The Labute approximate surface area is 245 Å². The van der Waals surface area contributed by atoms with Crippen molar-refractivity contribution in [2.24, 2.45) is 0 Å². The van der Waals surface area contributed by atoms with Crippen LogP contribution in [0.2, 0.25) is 0 Å². The molecule has 0 fully saturated rings. The van der Waals surface area contributed by atoms with Crippen LogP contribution in [0.3, 0.4) is 0 Å². The van der Waals surface area contributed by atoms with Gasteiger partial charge in [0.05, 0.1) is 12.1 Å². The van der Waals surface area contributed by atoms with Gasteiger partial charge in [-0.25, -0.2) is 0 Å². The van der Waals surface area contributed by atoms with Crippen LogP contribution in [-0.4, -0.2) is 23.6 Å². The van der Waals surface area contributed by atoms with Crippen molar-refractivity contribution in [2.75, 3.05) is 10.6 Å². The molecule has 4 N–H and O–H groups in total. The summed E-state index contributed by atoms with van der Waals surface area (Å²) in [5.41, 5.74) is 3.72. The second-order valence-corrected chi connectivity index (χ2v) is 9.97. The summed E-state index contributed by atoms with van der Waals surface area (Å²) >= 11 is 0. The number of carbonyl (C=O) groups excluding carboxylic acids is 4. The fourth-order valence-corrected chi connectivity index (χ4v) is 4.36. The largest absolute Gasteiger partial charge is 0.346 e. The summed E-state index contributed by atoms with van der Waals surface area (Å²) in [6.07, 6.45) is -0.107. The quantitative estimate of drug-likeness (QED) is 0.179. The molecule has 2 unspecified atom stereocenters. The van der Waals surface area contributed by atoms with Crippen LogP contribution >= 0.6 is 0 Å². The minimum Gasteiger partial charge on any atom is -0.346 e. The van der Waals surface area contributed by atoms with Crippen molar-refractivity contribution in [2.45, 2.75) is 38.8 Å². The zero-order chi connectivity index (χ0) is 29.9. The summed E-state index contributed by atoms with van der Waals surface area (Å²) < 4.78 is 0. The molecule has 0 saturated heterocycles. The molecule has 8 nitrogen and oxygen atoms in total. The van der Waals surface area contributed by atoms with Crippen LogP contribution < -0.4 is 21.3 Å². The highest BCUT2D eigenvalue weighted by atomic mass is 16.2. The molecule has 8 heteroatoms. The lowest BCUT2D eigenvalue weighted by Gasteiger charge is -2.15. The molecule has 4 aromatic rings. The molecule has 0 aliphatic rings. The first-order valence-corrected chi connectivity index (χ1v) is 13.8. The third kappa shape index (κ3) is 8.63. The van der Waals surface area contributed by atoms with E-state index in [1.54, 1.807) is 48.5 Å². The molecule has 0 bridgehead atoms. The van der Waals surface area contributed by atoms with Crippen molar-refractivity contribution >= 4 is 35.0 Å². The van der Waals surface area contributed by atoms with Crippen molar-refractivity contribution < 1.29 is 19.2 Å². The van der Waals surface area contributed by atoms with Crippen LogP contribution in [0.25, 0.3) is 0 Å². The Balaban J connectivity index is 1.25. The Hall–Kier alpha value is -5.24. The minimum absolute atomic E-state index is 0.0535. The van der Waals surface area contributed by atoms with Crippen LogP contribution in [0.5, 0.6) is 0 Å². The predicted octanol–water partition coefficient (Wildman–Crippen LogP) is 6.03. The number of anilines is 2. The van der Waals surface area contributed by atoms with E-state index in [2.05, 4.69) is 21.3 Å². The maximum Gasteiger partial charge on any atom is 0.251 e. The third-order valence-electron chi connectivity index (χ3n) is 6.69. The SMILES string of the molecule is CC(NC(=O)c1cccc(NC(=O)CCC(=O)Nc2cccc(C(=O)NC(C)c3ccccc3)c2)c1)c1ccccc1. The Morgan fingerprint density at radius 3 is 1.29 bits per heavy atom. The van der Waals surface area contributed by atoms with E-state index in [1.807, 2.05) is 74.5 Å². The zero-order valence-corrected chi connectivity index (χ0v) is 23.6. The van der Waals surface area contributed by atoms with Gasteiger partial charge in [0, 0.05) is 35.3 Å².